The summed E-state index contributed by atoms with van der Waals surface area (Å²) in [6.07, 6.45) is 0.774. The average Bonchev–Trinajstić information content (AvgIpc) is 2.33. The number of benzene rings is 1. The predicted octanol–water partition coefficient (Wildman–Crippen LogP) is 1.40. The Balaban J connectivity index is 2.73. The van der Waals surface area contributed by atoms with E-state index in [0.29, 0.717) is 0 Å². The molecule has 0 aliphatic rings. The van der Waals surface area contributed by atoms with Crippen molar-refractivity contribution in [1.29, 1.82) is 0 Å². The van der Waals surface area contributed by atoms with Gasteiger partial charge in [0.2, 0.25) is 10.0 Å². The van der Waals surface area contributed by atoms with Crippen LogP contribution in [0.4, 0.5) is 0 Å². The Bertz CT molecular complexity index is 556. The third-order valence-corrected chi connectivity index (χ3v) is 3.47. The van der Waals surface area contributed by atoms with Gasteiger partial charge in [-0.1, -0.05) is 12.1 Å². The summed E-state index contributed by atoms with van der Waals surface area (Å²) in [5, 5.41) is 8.37. The number of primary sulfonamides is 1. The second kappa shape index (κ2) is 6.55. The van der Waals surface area contributed by atoms with Crippen LogP contribution < -0.4 is 10.5 Å². The monoisotopic (exact) mass is 266 g/mol. The van der Waals surface area contributed by atoms with Crippen LogP contribution in [0.25, 0.3) is 0 Å². The minimum absolute atomic E-state index is 0.0605. The molecule has 0 bridgehead atoms. The Morgan fingerprint density at radius 3 is 2.78 bits per heavy atom. The van der Waals surface area contributed by atoms with Crippen molar-refractivity contribution in [3.05, 3.63) is 29.8 Å². The van der Waals surface area contributed by atoms with Crippen LogP contribution >= 0.6 is 0 Å². The maximum atomic E-state index is 11.2. The number of sulfonamides is 1. The van der Waals surface area contributed by atoms with Gasteiger partial charge in [-0.2, -0.15) is 0 Å². The molecule has 0 saturated heterocycles. The third-order valence-electron chi connectivity index (χ3n) is 2.56. The fourth-order valence-electron chi connectivity index (χ4n) is 1.55. The molecule has 0 spiro atoms. The SMILES string of the molecule is CC#CCCNC(C)c1cccc(S(N)(=O)=O)c1. The fraction of sp³-hybridized carbons (Fsp3) is 0.385. The molecule has 0 heterocycles. The lowest BCUT2D eigenvalue weighted by molar-refractivity contribution is 0.580. The van der Waals surface area contributed by atoms with E-state index in [1.165, 1.54) is 6.07 Å². The highest BCUT2D eigenvalue weighted by molar-refractivity contribution is 7.89. The summed E-state index contributed by atoms with van der Waals surface area (Å²) < 4.78 is 22.5. The van der Waals surface area contributed by atoms with E-state index in [1.807, 2.05) is 13.0 Å². The zero-order valence-electron chi connectivity index (χ0n) is 10.6. The van der Waals surface area contributed by atoms with Crippen LogP contribution in [0.2, 0.25) is 0 Å². The quantitative estimate of drug-likeness (QED) is 0.625. The van der Waals surface area contributed by atoms with Crippen molar-refractivity contribution in [3.8, 4) is 11.8 Å². The molecular formula is C13H18N2O2S. The lowest BCUT2D eigenvalue weighted by atomic mass is 10.1. The molecule has 0 radical (unpaired) electrons. The van der Waals surface area contributed by atoms with Gasteiger partial charge >= 0.3 is 0 Å². The Morgan fingerprint density at radius 1 is 1.44 bits per heavy atom. The highest BCUT2D eigenvalue weighted by Crippen LogP contribution is 2.16. The van der Waals surface area contributed by atoms with E-state index < -0.39 is 10.0 Å². The van der Waals surface area contributed by atoms with E-state index in [-0.39, 0.29) is 10.9 Å². The summed E-state index contributed by atoms with van der Waals surface area (Å²) in [4.78, 5) is 0.141. The van der Waals surface area contributed by atoms with Crippen molar-refractivity contribution in [2.45, 2.75) is 31.2 Å². The van der Waals surface area contributed by atoms with Gasteiger partial charge in [-0.05, 0) is 31.5 Å². The molecule has 1 rings (SSSR count). The number of nitrogens with one attached hydrogen (secondary N) is 1. The Morgan fingerprint density at radius 2 is 2.17 bits per heavy atom. The minimum atomic E-state index is -3.64. The summed E-state index contributed by atoms with van der Waals surface area (Å²) in [6.45, 7) is 4.54. The van der Waals surface area contributed by atoms with Gasteiger partial charge in [0.25, 0.3) is 0 Å². The maximum Gasteiger partial charge on any atom is 0.238 e. The molecule has 4 nitrogen and oxygen atoms in total. The topological polar surface area (TPSA) is 72.2 Å². The molecule has 0 saturated carbocycles. The zero-order valence-corrected chi connectivity index (χ0v) is 11.4. The van der Waals surface area contributed by atoms with Crippen molar-refractivity contribution in [2.24, 2.45) is 5.14 Å². The van der Waals surface area contributed by atoms with Crippen LogP contribution in [0.15, 0.2) is 29.2 Å². The molecule has 0 amide bonds. The van der Waals surface area contributed by atoms with Crippen LogP contribution in [-0.2, 0) is 10.0 Å². The summed E-state index contributed by atoms with van der Waals surface area (Å²) >= 11 is 0. The van der Waals surface area contributed by atoms with Crippen LogP contribution in [-0.4, -0.2) is 15.0 Å². The largest absolute Gasteiger partial charge is 0.309 e. The van der Waals surface area contributed by atoms with E-state index >= 15 is 0 Å². The first-order chi connectivity index (χ1) is 8.45. The van der Waals surface area contributed by atoms with Crippen molar-refractivity contribution < 1.29 is 8.42 Å². The van der Waals surface area contributed by atoms with Crippen LogP contribution in [0.1, 0.15) is 31.9 Å². The van der Waals surface area contributed by atoms with Gasteiger partial charge in [0.15, 0.2) is 0 Å². The van der Waals surface area contributed by atoms with E-state index in [2.05, 4.69) is 17.2 Å². The first-order valence-electron chi connectivity index (χ1n) is 5.71. The van der Waals surface area contributed by atoms with Gasteiger partial charge in [0.05, 0.1) is 4.90 Å². The van der Waals surface area contributed by atoms with Gasteiger partial charge < -0.3 is 5.32 Å². The Kier molecular flexibility index (Phi) is 5.35. The molecule has 1 aromatic rings. The van der Waals surface area contributed by atoms with Crippen LogP contribution in [0.5, 0.6) is 0 Å². The number of nitrogens with two attached hydrogens (primary N) is 1. The summed E-state index contributed by atoms with van der Waals surface area (Å²) in [7, 11) is -3.64. The highest BCUT2D eigenvalue weighted by atomic mass is 32.2. The van der Waals surface area contributed by atoms with Crippen molar-refractivity contribution in [1.82, 2.24) is 5.32 Å². The van der Waals surface area contributed by atoms with Crippen molar-refractivity contribution in [3.63, 3.8) is 0 Å². The number of hydrogen-bond acceptors (Lipinski definition) is 3. The van der Waals surface area contributed by atoms with Crippen LogP contribution in [0, 0.1) is 11.8 Å². The smallest absolute Gasteiger partial charge is 0.238 e. The molecule has 1 unspecified atom stereocenters. The predicted molar refractivity (Wildman–Crippen MR) is 72.3 cm³/mol. The number of hydrogen-bond donors (Lipinski definition) is 2. The molecule has 5 heteroatoms. The van der Waals surface area contributed by atoms with Crippen LogP contribution in [0.3, 0.4) is 0 Å². The van der Waals surface area contributed by atoms with Gasteiger partial charge in [-0.3, -0.25) is 0 Å². The average molecular weight is 266 g/mol. The van der Waals surface area contributed by atoms with E-state index in [4.69, 9.17) is 5.14 Å². The lowest BCUT2D eigenvalue weighted by Gasteiger charge is -2.14. The third kappa shape index (κ3) is 4.49. The number of rotatable bonds is 5. The Labute approximate surface area is 109 Å². The first kappa shape index (κ1) is 14.7. The molecule has 98 valence electrons. The second-order valence-electron chi connectivity index (χ2n) is 3.97. The lowest BCUT2D eigenvalue weighted by Crippen LogP contribution is -2.20. The van der Waals surface area contributed by atoms with Crippen molar-refractivity contribution in [2.75, 3.05) is 6.54 Å². The normalized spacial score (nSPS) is 12.6. The molecule has 1 aromatic carbocycles. The summed E-state index contributed by atoms with van der Waals surface area (Å²) in [5.74, 6) is 5.79. The first-order valence-corrected chi connectivity index (χ1v) is 7.25. The Hall–Kier alpha value is -1.35. The molecule has 0 aliphatic heterocycles. The summed E-state index contributed by atoms with van der Waals surface area (Å²) in [5.41, 5.74) is 0.894. The van der Waals surface area contributed by atoms with Gasteiger partial charge in [0, 0.05) is 19.0 Å². The van der Waals surface area contributed by atoms with Crippen molar-refractivity contribution >= 4 is 10.0 Å². The van der Waals surface area contributed by atoms with Gasteiger partial charge in [-0.15, -0.1) is 11.8 Å². The molecule has 0 fully saturated rings. The van der Waals surface area contributed by atoms with Gasteiger partial charge in [-0.25, -0.2) is 13.6 Å². The summed E-state index contributed by atoms with van der Waals surface area (Å²) in [6, 6.07) is 6.72. The van der Waals surface area contributed by atoms with E-state index in [1.54, 1.807) is 19.1 Å². The minimum Gasteiger partial charge on any atom is -0.309 e. The highest BCUT2D eigenvalue weighted by Gasteiger charge is 2.10. The zero-order chi connectivity index (χ0) is 13.6. The standard InChI is InChI=1S/C13H18N2O2S/c1-3-4-5-9-15-11(2)12-7-6-8-13(10-12)18(14,16)17/h6-8,10-11,15H,5,9H2,1-2H3,(H2,14,16,17). The van der Waals surface area contributed by atoms with Gasteiger partial charge in [0.1, 0.15) is 0 Å². The molecular weight excluding hydrogens is 248 g/mol. The molecule has 18 heavy (non-hydrogen) atoms. The molecule has 1 atom stereocenters. The molecule has 3 N–H and O–H groups in total. The van der Waals surface area contributed by atoms with E-state index in [0.717, 1.165) is 18.5 Å². The van der Waals surface area contributed by atoms with E-state index in [9.17, 15) is 8.42 Å². The second-order valence-corrected chi connectivity index (χ2v) is 5.53. The molecule has 0 aliphatic carbocycles. The molecule has 0 aromatic heterocycles. The maximum absolute atomic E-state index is 11.2. The fourth-order valence-corrected chi connectivity index (χ4v) is 2.12.